The van der Waals surface area contributed by atoms with E-state index >= 15 is 0 Å². The molecule has 0 heterocycles. The van der Waals surface area contributed by atoms with Crippen molar-refractivity contribution in [2.75, 3.05) is 11.9 Å². The Morgan fingerprint density at radius 3 is 2.62 bits per heavy atom. The Hall–Kier alpha value is -2.14. The van der Waals surface area contributed by atoms with Gasteiger partial charge >= 0.3 is 0 Å². The molecule has 5 nitrogen and oxygen atoms in total. The monoisotopic (exact) mass is 289 g/mol. The first-order valence-corrected chi connectivity index (χ1v) is 7.00. The van der Waals surface area contributed by atoms with Gasteiger partial charge in [0.25, 0.3) is 5.91 Å². The molecule has 5 heteroatoms. The molecule has 0 saturated carbocycles. The fraction of sp³-hybridized carbons (Fsp3) is 0.375. The average Bonchev–Trinajstić information content (AvgIpc) is 2.45. The lowest BCUT2D eigenvalue weighted by Gasteiger charge is -2.14. The normalized spacial score (nSPS) is 11.8. The number of carbonyl (C=O) groups excluding carboxylic acids is 2. The fourth-order valence-corrected chi connectivity index (χ4v) is 1.69. The van der Waals surface area contributed by atoms with E-state index in [9.17, 15) is 9.59 Å². The minimum Gasteiger partial charge on any atom is -0.352 e. The molecule has 4 N–H and O–H groups in total. The molecule has 0 saturated heterocycles. The van der Waals surface area contributed by atoms with Crippen molar-refractivity contribution in [3.8, 4) is 0 Å². The van der Waals surface area contributed by atoms with Gasteiger partial charge in [-0.1, -0.05) is 32.1 Å². The van der Waals surface area contributed by atoms with E-state index in [4.69, 9.17) is 5.73 Å². The van der Waals surface area contributed by atoms with Gasteiger partial charge in [0.05, 0.1) is 17.3 Å². The molecule has 2 amide bonds. The lowest BCUT2D eigenvalue weighted by Crippen LogP contribution is -2.36. The molecule has 0 spiro atoms. The maximum absolute atomic E-state index is 12.1. The zero-order chi connectivity index (χ0) is 15.8. The molecule has 1 atom stereocenters. The highest BCUT2D eigenvalue weighted by Crippen LogP contribution is 2.15. The Morgan fingerprint density at radius 2 is 2.00 bits per heavy atom. The lowest BCUT2D eigenvalue weighted by molar-refractivity contribution is -0.117. The van der Waals surface area contributed by atoms with E-state index in [0.29, 0.717) is 30.1 Å². The van der Waals surface area contributed by atoms with Crippen LogP contribution in [-0.4, -0.2) is 24.4 Å². The van der Waals surface area contributed by atoms with Crippen LogP contribution < -0.4 is 16.4 Å². The van der Waals surface area contributed by atoms with Crippen molar-refractivity contribution in [1.29, 1.82) is 0 Å². The Balaban J connectivity index is 2.81. The number of amides is 2. The largest absolute Gasteiger partial charge is 0.352 e. The highest BCUT2D eigenvalue weighted by molar-refractivity contribution is 6.04. The Labute approximate surface area is 125 Å². The second-order valence-corrected chi connectivity index (χ2v) is 5.27. The van der Waals surface area contributed by atoms with E-state index < -0.39 is 6.04 Å². The maximum Gasteiger partial charge on any atom is 0.253 e. The van der Waals surface area contributed by atoms with E-state index in [2.05, 4.69) is 17.2 Å². The van der Waals surface area contributed by atoms with Gasteiger partial charge in [-0.05, 0) is 24.5 Å². The summed E-state index contributed by atoms with van der Waals surface area (Å²) in [5.74, 6) is -0.187. The molecule has 0 aliphatic rings. The third-order valence-electron chi connectivity index (χ3n) is 2.86. The minimum atomic E-state index is -0.672. The van der Waals surface area contributed by atoms with Crippen molar-refractivity contribution in [2.24, 2.45) is 11.7 Å². The number of rotatable bonds is 7. The number of para-hydroxylation sites is 1. The third-order valence-corrected chi connectivity index (χ3v) is 2.86. The van der Waals surface area contributed by atoms with Gasteiger partial charge in [0.15, 0.2) is 0 Å². The summed E-state index contributed by atoms with van der Waals surface area (Å²) < 4.78 is 0. The highest BCUT2D eigenvalue weighted by atomic mass is 16.2. The number of benzene rings is 1. The van der Waals surface area contributed by atoms with Gasteiger partial charge in [-0.15, -0.1) is 6.58 Å². The molecule has 1 unspecified atom stereocenters. The predicted octanol–water partition coefficient (Wildman–Crippen LogP) is 1.91. The first kappa shape index (κ1) is 16.9. The molecular formula is C16H23N3O2. The maximum atomic E-state index is 12.1. The summed E-state index contributed by atoms with van der Waals surface area (Å²) in [6, 6.07) is 6.19. The van der Waals surface area contributed by atoms with E-state index in [1.54, 1.807) is 30.3 Å². The number of nitrogens with one attached hydrogen (secondary N) is 2. The Bertz CT molecular complexity index is 512. The topological polar surface area (TPSA) is 84.2 Å². The number of carbonyl (C=O) groups is 2. The smallest absolute Gasteiger partial charge is 0.253 e. The summed E-state index contributed by atoms with van der Waals surface area (Å²) in [6.45, 7) is 8.17. The first-order chi connectivity index (χ1) is 9.95. The number of hydrogen-bond acceptors (Lipinski definition) is 3. The van der Waals surface area contributed by atoms with Crippen molar-refractivity contribution in [1.82, 2.24) is 5.32 Å². The predicted molar refractivity (Wildman–Crippen MR) is 85.0 cm³/mol. The Kier molecular flexibility index (Phi) is 6.62. The third kappa shape index (κ3) is 5.39. The first-order valence-electron chi connectivity index (χ1n) is 7.00. The Morgan fingerprint density at radius 1 is 1.33 bits per heavy atom. The van der Waals surface area contributed by atoms with E-state index in [1.165, 1.54) is 0 Å². The molecule has 21 heavy (non-hydrogen) atoms. The summed E-state index contributed by atoms with van der Waals surface area (Å²) in [5, 5.41) is 5.52. The number of nitrogens with two attached hydrogens (primary N) is 1. The standard InChI is InChI=1S/C16H23N3O2/c1-4-7-13(17)16(21)19-14-9-6-5-8-12(14)15(20)18-10-11(2)3/h4-6,8-9,11,13H,1,7,10,17H2,2-3H3,(H,18,20)(H,19,21). The SMILES string of the molecule is C=CCC(N)C(=O)Nc1ccccc1C(=O)NCC(C)C. The van der Waals surface area contributed by atoms with E-state index in [1.807, 2.05) is 13.8 Å². The molecule has 0 aliphatic carbocycles. The van der Waals surface area contributed by atoms with Crippen molar-refractivity contribution >= 4 is 17.5 Å². The van der Waals surface area contributed by atoms with Crippen LogP contribution in [0, 0.1) is 5.92 Å². The number of anilines is 1. The van der Waals surface area contributed by atoms with Crippen LogP contribution in [0.5, 0.6) is 0 Å². The summed E-state index contributed by atoms with van der Waals surface area (Å²) in [6.07, 6.45) is 1.97. The van der Waals surface area contributed by atoms with Crippen molar-refractivity contribution < 1.29 is 9.59 Å². The van der Waals surface area contributed by atoms with Gasteiger partial charge in [0.2, 0.25) is 5.91 Å². The van der Waals surface area contributed by atoms with Crippen molar-refractivity contribution in [3.05, 3.63) is 42.5 Å². The van der Waals surface area contributed by atoms with Gasteiger partial charge in [-0.25, -0.2) is 0 Å². The zero-order valence-corrected chi connectivity index (χ0v) is 12.6. The van der Waals surface area contributed by atoms with Gasteiger partial charge in [0, 0.05) is 6.54 Å². The zero-order valence-electron chi connectivity index (χ0n) is 12.6. The van der Waals surface area contributed by atoms with Crippen LogP contribution >= 0.6 is 0 Å². The average molecular weight is 289 g/mol. The van der Waals surface area contributed by atoms with Crippen molar-refractivity contribution in [2.45, 2.75) is 26.3 Å². The summed E-state index contributed by atoms with van der Waals surface area (Å²) >= 11 is 0. The van der Waals surface area contributed by atoms with Crippen LogP contribution in [-0.2, 0) is 4.79 Å². The van der Waals surface area contributed by atoms with Crippen LogP contribution in [0.4, 0.5) is 5.69 Å². The van der Waals surface area contributed by atoms with E-state index in [-0.39, 0.29) is 11.8 Å². The molecular weight excluding hydrogens is 266 g/mol. The van der Waals surface area contributed by atoms with Crippen LogP contribution in [0.2, 0.25) is 0 Å². The molecule has 0 aliphatic heterocycles. The van der Waals surface area contributed by atoms with Gasteiger partial charge in [-0.3, -0.25) is 9.59 Å². The quantitative estimate of drug-likeness (QED) is 0.670. The molecule has 0 radical (unpaired) electrons. The molecule has 1 aromatic rings. The minimum absolute atomic E-state index is 0.211. The van der Waals surface area contributed by atoms with Gasteiger partial charge in [0.1, 0.15) is 0 Å². The van der Waals surface area contributed by atoms with Crippen LogP contribution in [0.3, 0.4) is 0 Å². The van der Waals surface area contributed by atoms with Crippen LogP contribution in [0.1, 0.15) is 30.6 Å². The summed E-state index contributed by atoms with van der Waals surface area (Å²) in [5.41, 5.74) is 6.61. The molecule has 0 fully saturated rings. The lowest BCUT2D eigenvalue weighted by atomic mass is 10.1. The highest BCUT2D eigenvalue weighted by Gasteiger charge is 2.16. The van der Waals surface area contributed by atoms with Gasteiger partial charge < -0.3 is 16.4 Å². The molecule has 1 aromatic carbocycles. The fourth-order valence-electron chi connectivity index (χ4n) is 1.69. The van der Waals surface area contributed by atoms with E-state index in [0.717, 1.165) is 0 Å². The van der Waals surface area contributed by atoms with Crippen LogP contribution in [0.15, 0.2) is 36.9 Å². The van der Waals surface area contributed by atoms with Crippen molar-refractivity contribution in [3.63, 3.8) is 0 Å². The molecule has 1 rings (SSSR count). The molecule has 114 valence electrons. The number of hydrogen-bond donors (Lipinski definition) is 3. The van der Waals surface area contributed by atoms with Crippen LogP contribution in [0.25, 0.3) is 0 Å². The summed E-state index contributed by atoms with van der Waals surface area (Å²) in [7, 11) is 0. The molecule has 0 bridgehead atoms. The molecule has 0 aromatic heterocycles. The summed E-state index contributed by atoms with van der Waals surface area (Å²) in [4.78, 5) is 24.1. The second kappa shape index (κ2) is 8.21. The van der Waals surface area contributed by atoms with Gasteiger partial charge in [-0.2, -0.15) is 0 Å². The second-order valence-electron chi connectivity index (χ2n) is 5.27.